The van der Waals surface area contributed by atoms with Crippen LogP contribution in [-0.4, -0.2) is 41.3 Å². The number of aromatic nitrogens is 4. The Morgan fingerprint density at radius 1 is 1.09 bits per heavy atom. The molecule has 3 rings (SSSR count). The Kier molecular flexibility index (Phi) is 3.76. The molecule has 0 saturated heterocycles. The molecule has 0 spiro atoms. The first-order valence-corrected chi connectivity index (χ1v) is 7.76. The molecule has 1 aliphatic carbocycles. The lowest BCUT2D eigenvalue weighted by Gasteiger charge is -2.22. The van der Waals surface area contributed by atoms with Gasteiger partial charge in [-0.2, -0.15) is 10.1 Å². The van der Waals surface area contributed by atoms with E-state index in [2.05, 4.69) is 34.1 Å². The molecule has 2 aromatic rings. The maximum atomic E-state index is 4.71. The van der Waals surface area contributed by atoms with Crippen molar-refractivity contribution >= 4 is 11.8 Å². The van der Waals surface area contributed by atoms with E-state index in [1.807, 2.05) is 25.9 Å². The van der Waals surface area contributed by atoms with Gasteiger partial charge in [-0.3, -0.25) is 5.10 Å². The number of anilines is 2. The van der Waals surface area contributed by atoms with Crippen molar-refractivity contribution in [1.29, 1.82) is 0 Å². The lowest BCUT2D eigenvalue weighted by atomic mass is 10.2. The highest BCUT2D eigenvalue weighted by Gasteiger charge is 2.21. The molecule has 0 saturated carbocycles. The second kappa shape index (κ2) is 5.59. The monoisotopic (exact) mass is 300 g/mol. The molecule has 0 atom stereocenters. The number of aromatic amines is 1. The topological polar surface area (TPSA) is 60.9 Å². The minimum absolute atomic E-state index is 0.747. The van der Waals surface area contributed by atoms with E-state index in [1.54, 1.807) is 0 Å². The van der Waals surface area contributed by atoms with Crippen molar-refractivity contribution in [3.8, 4) is 0 Å². The molecule has 1 aliphatic rings. The Bertz CT molecular complexity index is 688. The van der Waals surface area contributed by atoms with Crippen molar-refractivity contribution in [2.24, 2.45) is 0 Å². The lowest BCUT2D eigenvalue weighted by Crippen LogP contribution is -2.23. The van der Waals surface area contributed by atoms with E-state index in [4.69, 9.17) is 4.98 Å². The summed E-state index contributed by atoms with van der Waals surface area (Å²) in [4.78, 5) is 13.4. The second-order valence-corrected chi connectivity index (χ2v) is 6.29. The number of rotatable bonds is 4. The summed E-state index contributed by atoms with van der Waals surface area (Å²) in [5.41, 5.74) is 6.02. The number of hydrogen-bond acceptors (Lipinski definition) is 5. The molecule has 22 heavy (non-hydrogen) atoms. The summed E-state index contributed by atoms with van der Waals surface area (Å²) in [6, 6.07) is 0. The molecule has 2 aromatic heterocycles. The zero-order valence-electron chi connectivity index (χ0n) is 14.1. The first-order valence-electron chi connectivity index (χ1n) is 7.76. The van der Waals surface area contributed by atoms with E-state index >= 15 is 0 Å². The minimum Gasteiger partial charge on any atom is -0.353 e. The average Bonchev–Trinajstić information content (AvgIpc) is 3.06. The van der Waals surface area contributed by atoms with Gasteiger partial charge in [0, 0.05) is 38.1 Å². The number of H-pyrrole nitrogens is 1. The normalized spacial score (nSPS) is 13.3. The van der Waals surface area contributed by atoms with Gasteiger partial charge in [-0.25, -0.2) is 4.98 Å². The molecule has 0 fully saturated rings. The van der Waals surface area contributed by atoms with Gasteiger partial charge in [-0.15, -0.1) is 0 Å². The largest absolute Gasteiger partial charge is 0.353 e. The van der Waals surface area contributed by atoms with Crippen LogP contribution in [0.4, 0.5) is 11.8 Å². The fraction of sp³-hybridized carbons (Fsp3) is 0.562. The molecule has 0 radical (unpaired) electrons. The van der Waals surface area contributed by atoms with Crippen molar-refractivity contribution < 1.29 is 0 Å². The van der Waals surface area contributed by atoms with Crippen LogP contribution < -0.4 is 9.80 Å². The Balaban J connectivity index is 1.89. The van der Waals surface area contributed by atoms with Crippen LogP contribution in [0.5, 0.6) is 0 Å². The highest BCUT2D eigenvalue weighted by molar-refractivity contribution is 5.52. The molecule has 0 amide bonds. The summed E-state index contributed by atoms with van der Waals surface area (Å²) in [5, 5.41) is 7.67. The molecule has 0 unspecified atom stereocenters. The molecule has 0 aliphatic heterocycles. The van der Waals surface area contributed by atoms with Gasteiger partial charge < -0.3 is 9.80 Å². The van der Waals surface area contributed by atoms with Crippen LogP contribution in [-0.2, 0) is 19.4 Å². The molecular formula is C16H24N6. The Morgan fingerprint density at radius 2 is 1.86 bits per heavy atom. The first-order chi connectivity index (χ1) is 10.5. The third-order valence-corrected chi connectivity index (χ3v) is 4.39. The Labute approximate surface area is 131 Å². The molecule has 2 heterocycles. The van der Waals surface area contributed by atoms with E-state index < -0.39 is 0 Å². The molecule has 6 heteroatoms. The van der Waals surface area contributed by atoms with E-state index in [-0.39, 0.29) is 0 Å². The van der Waals surface area contributed by atoms with Crippen molar-refractivity contribution in [3.05, 3.63) is 28.2 Å². The predicted octanol–water partition coefficient (Wildman–Crippen LogP) is 2.01. The smallest absolute Gasteiger partial charge is 0.227 e. The molecule has 6 nitrogen and oxygen atoms in total. The van der Waals surface area contributed by atoms with Gasteiger partial charge in [0.1, 0.15) is 5.82 Å². The van der Waals surface area contributed by atoms with E-state index in [9.17, 15) is 0 Å². The third kappa shape index (κ3) is 2.53. The Morgan fingerprint density at radius 3 is 2.59 bits per heavy atom. The van der Waals surface area contributed by atoms with Gasteiger partial charge in [0.05, 0.1) is 12.2 Å². The van der Waals surface area contributed by atoms with Crippen LogP contribution in [0, 0.1) is 13.8 Å². The highest BCUT2D eigenvalue weighted by atomic mass is 15.3. The molecule has 0 bridgehead atoms. The van der Waals surface area contributed by atoms with Crippen LogP contribution in [0.25, 0.3) is 0 Å². The van der Waals surface area contributed by atoms with E-state index in [0.29, 0.717) is 0 Å². The van der Waals surface area contributed by atoms with E-state index in [1.165, 1.54) is 17.7 Å². The molecular weight excluding hydrogens is 276 g/mol. The number of fused-ring (bicyclic) bond motifs is 1. The van der Waals surface area contributed by atoms with Gasteiger partial charge in [0.15, 0.2) is 0 Å². The lowest BCUT2D eigenvalue weighted by molar-refractivity contribution is 0.798. The summed E-state index contributed by atoms with van der Waals surface area (Å²) >= 11 is 0. The molecule has 118 valence electrons. The quantitative estimate of drug-likeness (QED) is 0.936. The molecule has 0 aromatic carbocycles. The summed E-state index contributed by atoms with van der Waals surface area (Å²) < 4.78 is 0. The first kappa shape index (κ1) is 14.8. The number of hydrogen-bond donors (Lipinski definition) is 1. The van der Waals surface area contributed by atoms with Gasteiger partial charge >= 0.3 is 0 Å². The fourth-order valence-corrected chi connectivity index (χ4v) is 2.99. The maximum absolute atomic E-state index is 4.71. The highest BCUT2D eigenvalue weighted by Crippen LogP contribution is 2.26. The minimum atomic E-state index is 0.747. The van der Waals surface area contributed by atoms with Crippen LogP contribution >= 0.6 is 0 Å². The predicted molar refractivity (Wildman–Crippen MR) is 88.6 cm³/mol. The number of aryl methyl sites for hydroxylation is 2. The van der Waals surface area contributed by atoms with Gasteiger partial charge in [-0.05, 0) is 38.7 Å². The van der Waals surface area contributed by atoms with Crippen molar-refractivity contribution in [2.75, 3.05) is 30.9 Å². The Hall–Kier alpha value is -2.11. The van der Waals surface area contributed by atoms with Crippen molar-refractivity contribution in [3.63, 3.8) is 0 Å². The van der Waals surface area contributed by atoms with Crippen LogP contribution in [0.1, 0.15) is 34.6 Å². The molecule has 1 N–H and O–H groups in total. The zero-order chi connectivity index (χ0) is 15.9. The maximum Gasteiger partial charge on any atom is 0.227 e. The third-order valence-electron chi connectivity index (χ3n) is 4.39. The number of nitrogens with one attached hydrogen (secondary N) is 1. The standard InChI is InChI=1S/C16H24N6/c1-10-11(2)17-16(21(3)4)18-15(10)22(5)9-14-12-7-6-8-13(12)19-20-14/h6-9H2,1-5H3,(H,19,20). The fourth-order valence-electron chi connectivity index (χ4n) is 2.99. The average molecular weight is 300 g/mol. The second-order valence-electron chi connectivity index (χ2n) is 6.29. The van der Waals surface area contributed by atoms with Crippen molar-refractivity contribution in [1.82, 2.24) is 20.2 Å². The SMILES string of the molecule is Cc1nc(N(C)C)nc(N(C)Cc2n[nH]c3c2CCC3)c1C. The van der Waals surface area contributed by atoms with Gasteiger partial charge in [0.25, 0.3) is 0 Å². The van der Waals surface area contributed by atoms with Crippen LogP contribution in [0.2, 0.25) is 0 Å². The van der Waals surface area contributed by atoms with Crippen LogP contribution in [0.15, 0.2) is 0 Å². The van der Waals surface area contributed by atoms with Gasteiger partial charge in [0.2, 0.25) is 5.95 Å². The van der Waals surface area contributed by atoms with Crippen molar-refractivity contribution in [2.45, 2.75) is 39.7 Å². The summed E-state index contributed by atoms with van der Waals surface area (Å²) in [5.74, 6) is 1.73. The van der Waals surface area contributed by atoms with Gasteiger partial charge in [-0.1, -0.05) is 0 Å². The number of nitrogens with zero attached hydrogens (tertiary/aromatic N) is 5. The van der Waals surface area contributed by atoms with E-state index in [0.717, 1.165) is 48.1 Å². The van der Waals surface area contributed by atoms with Crippen LogP contribution in [0.3, 0.4) is 0 Å². The summed E-state index contributed by atoms with van der Waals surface area (Å²) in [6.07, 6.45) is 3.50. The summed E-state index contributed by atoms with van der Waals surface area (Å²) in [6.45, 7) is 4.89. The summed E-state index contributed by atoms with van der Waals surface area (Å²) in [7, 11) is 6.01. The zero-order valence-corrected chi connectivity index (χ0v) is 14.1.